The lowest BCUT2D eigenvalue weighted by molar-refractivity contribution is 0.0626. The van der Waals surface area contributed by atoms with Gasteiger partial charge in [-0.1, -0.05) is 42.5 Å². The molecule has 0 saturated heterocycles. The summed E-state index contributed by atoms with van der Waals surface area (Å²) in [7, 11) is 0. The third kappa shape index (κ3) is 4.81. The second kappa shape index (κ2) is 7.62. The van der Waals surface area contributed by atoms with E-state index in [1.165, 1.54) is 24.0 Å². The van der Waals surface area contributed by atoms with Crippen molar-refractivity contribution in [3.8, 4) is 5.75 Å². The van der Waals surface area contributed by atoms with Crippen LogP contribution in [0.1, 0.15) is 24.0 Å². The van der Waals surface area contributed by atoms with Crippen LogP contribution in [-0.2, 0) is 6.54 Å². The van der Waals surface area contributed by atoms with Gasteiger partial charge in [-0.2, -0.15) is 0 Å². The van der Waals surface area contributed by atoms with Gasteiger partial charge in [0.1, 0.15) is 18.5 Å². The van der Waals surface area contributed by atoms with Crippen molar-refractivity contribution in [3.05, 3.63) is 65.7 Å². The topological polar surface area (TPSA) is 32.7 Å². The molecule has 23 heavy (non-hydrogen) atoms. The Morgan fingerprint density at radius 2 is 1.78 bits per heavy atom. The largest absolute Gasteiger partial charge is 0.491 e. The first-order valence-electron chi connectivity index (χ1n) is 8.37. The Kier molecular flexibility index (Phi) is 5.31. The van der Waals surface area contributed by atoms with Crippen molar-refractivity contribution in [2.24, 2.45) is 0 Å². The van der Waals surface area contributed by atoms with Gasteiger partial charge in [-0.25, -0.2) is 0 Å². The molecule has 1 N–H and O–H groups in total. The van der Waals surface area contributed by atoms with Gasteiger partial charge in [0.25, 0.3) is 0 Å². The van der Waals surface area contributed by atoms with E-state index in [-0.39, 0.29) is 0 Å². The van der Waals surface area contributed by atoms with E-state index < -0.39 is 6.10 Å². The van der Waals surface area contributed by atoms with Crippen LogP contribution < -0.4 is 4.74 Å². The standard InChI is InChI=1S/C20H25NO2/c1-16-7-5-6-8-17(16)13-21(18-11-12-18)14-19(22)15-23-20-9-3-2-4-10-20/h2-10,18-19,22H,11-15H2,1H3. The van der Waals surface area contributed by atoms with Gasteiger partial charge in [0, 0.05) is 19.1 Å². The summed E-state index contributed by atoms with van der Waals surface area (Å²) in [5.41, 5.74) is 2.66. The number of aliphatic hydroxyl groups excluding tert-OH is 1. The molecule has 3 nitrogen and oxygen atoms in total. The molecule has 0 bridgehead atoms. The summed E-state index contributed by atoms with van der Waals surface area (Å²) in [6.45, 7) is 4.04. The second-order valence-corrected chi connectivity index (χ2v) is 6.36. The molecule has 3 rings (SSSR count). The van der Waals surface area contributed by atoms with Crippen LogP contribution in [0.15, 0.2) is 54.6 Å². The van der Waals surface area contributed by atoms with E-state index in [0.29, 0.717) is 19.2 Å². The molecule has 1 aliphatic carbocycles. The van der Waals surface area contributed by atoms with Gasteiger partial charge in [-0.3, -0.25) is 4.90 Å². The molecule has 1 fully saturated rings. The summed E-state index contributed by atoms with van der Waals surface area (Å²) < 4.78 is 5.67. The Labute approximate surface area is 138 Å². The highest BCUT2D eigenvalue weighted by molar-refractivity contribution is 5.25. The molecule has 1 saturated carbocycles. The second-order valence-electron chi connectivity index (χ2n) is 6.36. The van der Waals surface area contributed by atoms with Gasteiger partial charge in [0.2, 0.25) is 0 Å². The molecule has 0 amide bonds. The van der Waals surface area contributed by atoms with Crippen molar-refractivity contribution in [3.63, 3.8) is 0 Å². The summed E-state index contributed by atoms with van der Waals surface area (Å²) in [6.07, 6.45) is 2.00. The molecular formula is C20H25NO2. The molecule has 1 aliphatic rings. The van der Waals surface area contributed by atoms with Crippen molar-refractivity contribution < 1.29 is 9.84 Å². The smallest absolute Gasteiger partial charge is 0.119 e. The highest BCUT2D eigenvalue weighted by Gasteiger charge is 2.30. The van der Waals surface area contributed by atoms with Crippen molar-refractivity contribution in [2.45, 2.75) is 38.5 Å². The molecule has 3 heteroatoms. The fraction of sp³-hybridized carbons (Fsp3) is 0.400. The normalized spacial score (nSPS) is 15.6. The summed E-state index contributed by atoms with van der Waals surface area (Å²) in [5, 5.41) is 10.3. The third-order valence-corrected chi connectivity index (χ3v) is 4.33. The Morgan fingerprint density at radius 1 is 1.09 bits per heavy atom. The van der Waals surface area contributed by atoms with E-state index in [0.717, 1.165) is 12.3 Å². The Balaban J connectivity index is 1.54. The van der Waals surface area contributed by atoms with Crippen molar-refractivity contribution in [2.75, 3.05) is 13.2 Å². The number of hydrogen-bond donors (Lipinski definition) is 1. The zero-order valence-electron chi connectivity index (χ0n) is 13.7. The Morgan fingerprint density at radius 3 is 2.48 bits per heavy atom. The quantitative estimate of drug-likeness (QED) is 0.811. The van der Waals surface area contributed by atoms with Crippen molar-refractivity contribution in [1.29, 1.82) is 0 Å². The first-order valence-corrected chi connectivity index (χ1v) is 8.37. The van der Waals surface area contributed by atoms with Gasteiger partial charge in [0.15, 0.2) is 0 Å². The third-order valence-electron chi connectivity index (χ3n) is 4.33. The van der Waals surface area contributed by atoms with Crippen molar-refractivity contribution in [1.82, 2.24) is 4.90 Å². The molecule has 0 spiro atoms. The van der Waals surface area contributed by atoms with Crippen LogP contribution in [0.3, 0.4) is 0 Å². The van der Waals surface area contributed by atoms with Crippen LogP contribution in [0.25, 0.3) is 0 Å². The molecule has 2 aromatic carbocycles. The maximum atomic E-state index is 10.3. The lowest BCUT2D eigenvalue weighted by Crippen LogP contribution is -2.36. The highest BCUT2D eigenvalue weighted by Crippen LogP contribution is 2.29. The van der Waals surface area contributed by atoms with Crippen LogP contribution >= 0.6 is 0 Å². The average Bonchev–Trinajstić information content (AvgIpc) is 3.40. The zero-order valence-corrected chi connectivity index (χ0v) is 13.7. The summed E-state index contributed by atoms with van der Waals surface area (Å²) in [5.74, 6) is 0.809. The lowest BCUT2D eigenvalue weighted by Gasteiger charge is -2.25. The van der Waals surface area contributed by atoms with Gasteiger partial charge in [-0.15, -0.1) is 0 Å². The monoisotopic (exact) mass is 311 g/mol. The predicted molar refractivity (Wildman–Crippen MR) is 92.6 cm³/mol. The first-order chi connectivity index (χ1) is 11.2. The molecule has 0 aliphatic heterocycles. The summed E-state index contributed by atoms with van der Waals surface area (Å²) in [4.78, 5) is 2.39. The maximum Gasteiger partial charge on any atom is 0.119 e. The number of rotatable bonds is 8. The summed E-state index contributed by atoms with van der Waals surface area (Å²) in [6, 6.07) is 18.8. The maximum absolute atomic E-state index is 10.3. The molecule has 2 aromatic rings. The lowest BCUT2D eigenvalue weighted by atomic mass is 10.1. The minimum atomic E-state index is -0.472. The molecule has 0 radical (unpaired) electrons. The van der Waals surface area contributed by atoms with Gasteiger partial charge >= 0.3 is 0 Å². The average molecular weight is 311 g/mol. The predicted octanol–water partition coefficient (Wildman–Crippen LogP) is 3.40. The van der Waals surface area contributed by atoms with E-state index in [9.17, 15) is 5.11 Å². The Bertz CT molecular complexity index is 610. The SMILES string of the molecule is Cc1ccccc1CN(CC(O)COc1ccccc1)C1CC1. The minimum Gasteiger partial charge on any atom is -0.491 e. The van der Waals surface area contributed by atoms with E-state index in [2.05, 4.69) is 36.1 Å². The van der Waals surface area contributed by atoms with Gasteiger partial charge < -0.3 is 9.84 Å². The fourth-order valence-electron chi connectivity index (χ4n) is 2.82. The van der Waals surface area contributed by atoms with Gasteiger partial charge in [-0.05, 0) is 43.0 Å². The van der Waals surface area contributed by atoms with E-state index in [1.807, 2.05) is 30.3 Å². The number of hydrogen-bond acceptors (Lipinski definition) is 3. The first kappa shape index (κ1) is 16.0. The fourth-order valence-corrected chi connectivity index (χ4v) is 2.82. The van der Waals surface area contributed by atoms with E-state index >= 15 is 0 Å². The molecule has 1 unspecified atom stereocenters. The number of ether oxygens (including phenoxy) is 1. The number of aliphatic hydroxyl groups is 1. The molecule has 1 atom stereocenters. The van der Waals surface area contributed by atoms with Crippen LogP contribution in [0.2, 0.25) is 0 Å². The minimum absolute atomic E-state index is 0.334. The van der Waals surface area contributed by atoms with Crippen molar-refractivity contribution >= 4 is 0 Å². The summed E-state index contributed by atoms with van der Waals surface area (Å²) >= 11 is 0. The number of aryl methyl sites for hydroxylation is 1. The zero-order chi connectivity index (χ0) is 16.1. The van der Waals surface area contributed by atoms with E-state index in [4.69, 9.17) is 4.74 Å². The van der Waals surface area contributed by atoms with Crippen LogP contribution in [0, 0.1) is 6.92 Å². The molecular weight excluding hydrogens is 286 g/mol. The number of para-hydroxylation sites is 1. The van der Waals surface area contributed by atoms with Crippen LogP contribution in [0.4, 0.5) is 0 Å². The van der Waals surface area contributed by atoms with Gasteiger partial charge in [0.05, 0.1) is 0 Å². The molecule has 0 heterocycles. The highest BCUT2D eigenvalue weighted by atomic mass is 16.5. The Hall–Kier alpha value is -1.84. The van der Waals surface area contributed by atoms with Crippen LogP contribution in [-0.4, -0.2) is 35.3 Å². The van der Waals surface area contributed by atoms with Crippen LogP contribution in [0.5, 0.6) is 5.75 Å². The number of nitrogens with zero attached hydrogens (tertiary/aromatic N) is 1. The van der Waals surface area contributed by atoms with E-state index in [1.54, 1.807) is 0 Å². The molecule has 0 aromatic heterocycles. The molecule has 122 valence electrons. The number of benzene rings is 2.